The van der Waals surface area contributed by atoms with Gasteiger partial charge in [0.1, 0.15) is 6.33 Å². The topological polar surface area (TPSA) is 69.6 Å². The SMILES string of the molecule is Cc1cc(C)n(-c2ncncc2N)n1. The summed E-state index contributed by atoms with van der Waals surface area (Å²) in [5.74, 6) is 0.630. The Balaban J connectivity index is 2.60. The zero-order valence-corrected chi connectivity index (χ0v) is 8.10. The minimum absolute atomic E-state index is 0.527. The zero-order valence-electron chi connectivity index (χ0n) is 8.10. The van der Waals surface area contributed by atoms with Gasteiger partial charge in [-0.1, -0.05) is 0 Å². The molecule has 2 heterocycles. The third kappa shape index (κ3) is 1.32. The van der Waals surface area contributed by atoms with Crippen molar-refractivity contribution in [3.05, 3.63) is 30.0 Å². The molecule has 0 radical (unpaired) electrons. The van der Waals surface area contributed by atoms with Crippen molar-refractivity contribution >= 4 is 5.69 Å². The van der Waals surface area contributed by atoms with Gasteiger partial charge in [0.05, 0.1) is 17.6 Å². The second kappa shape index (κ2) is 3.10. The molecule has 5 nitrogen and oxygen atoms in total. The number of nitrogens with two attached hydrogens (primary N) is 1. The first-order valence-electron chi connectivity index (χ1n) is 4.27. The lowest BCUT2D eigenvalue weighted by atomic mass is 10.4. The van der Waals surface area contributed by atoms with E-state index in [1.807, 2.05) is 19.9 Å². The summed E-state index contributed by atoms with van der Waals surface area (Å²) in [6.07, 6.45) is 3.03. The van der Waals surface area contributed by atoms with E-state index in [1.54, 1.807) is 10.9 Å². The van der Waals surface area contributed by atoms with Crippen molar-refractivity contribution < 1.29 is 0 Å². The first kappa shape index (κ1) is 8.68. The number of anilines is 1. The van der Waals surface area contributed by atoms with Crippen LogP contribution in [0.4, 0.5) is 5.69 Å². The molecule has 14 heavy (non-hydrogen) atoms. The van der Waals surface area contributed by atoms with Crippen LogP contribution in [0.2, 0.25) is 0 Å². The third-order valence-corrected chi connectivity index (χ3v) is 1.93. The average molecular weight is 189 g/mol. The van der Waals surface area contributed by atoms with Gasteiger partial charge in [-0.2, -0.15) is 5.10 Å². The van der Waals surface area contributed by atoms with Crippen molar-refractivity contribution in [2.24, 2.45) is 0 Å². The van der Waals surface area contributed by atoms with Gasteiger partial charge in [0.25, 0.3) is 0 Å². The lowest BCUT2D eigenvalue weighted by molar-refractivity contribution is 0.803. The molecule has 0 aliphatic rings. The molecule has 0 aromatic carbocycles. The van der Waals surface area contributed by atoms with E-state index in [0.29, 0.717) is 11.5 Å². The number of nitrogens with zero attached hydrogens (tertiary/aromatic N) is 4. The molecule has 2 aromatic heterocycles. The number of aromatic nitrogens is 4. The van der Waals surface area contributed by atoms with Crippen LogP contribution in [-0.4, -0.2) is 19.7 Å². The maximum Gasteiger partial charge on any atom is 0.179 e. The summed E-state index contributed by atoms with van der Waals surface area (Å²) >= 11 is 0. The Hall–Kier alpha value is -1.91. The average Bonchev–Trinajstić information content (AvgIpc) is 2.46. The molecule has 2 N–H and O–H groups in total. The van der Waals surface area contributed by atoms with Crippen LogP contribution in [0.25, 0.3) is 5.82 Å². The number of hydrogen-bond acceptors (Lipinski definition) is 4. The summed E-state index contributed by atoms with van der Waals surface area (Å²) in [6, 6.07) is 1.97. The van der Waals surface area contributed by atoms with Gasteiger partial charge < -0.3 is 5.73 Å². The van der Waals surface area contributed by atoms with Crippen molar-refractivity contribution in [2.45, 2.75) is 13.8 Å². The molecule has 0 aliphatic heterocycles. The van der Waals surface area contributed by atoms with Gasteiger partial charge in [-0.3, -0.25) is 0 Å². The third-order valence-electron chi connectivity index (χ3n) is 1.93. The standard InChI is InChI=1S/C9H11N5/c1-6-3-7(2)14(13-6)9-8(10)4-11-5-12-9/h3-5H,10H2,1-2H3. The molecule has 0 spiro atoms. The van der Waals surface area contributed by atoms with Crippen LogP contribution >= 0.6 is 0 Å². The maximum absolute atomic E-state index is 5.74. The number of rotatable bonds is 1. The predicted octanol–water partition coefficient (Wildman–Crippen LogP) is 0.861. The van der Waals surface area contributed by atoms with Crippen molar-refractivity contribution in [3.63, 3.8) is 0 Å². The Morgan fingerprint density at radius 1 is 1.36 bits per heavy atom. The van der Waals surface area contributed by atoms with Crippen LogP contribution in [0, 0.1) is 13.8 Å². The van der Waals surface area contributed by atoms with Gasteiger partial charge >= 0.3 is 0 Å². The van der Waals surface area contributed by atoms with Crippen molar-refractivity contribution in [1.82, 2.24) is 19.7 Å². The number of nitrogen functional groups attached to an aromatic ring is 1. The molecule has 0 fully saturated rings. The molecule has 0 amide bonds. The van der Waals surface area contributed by atoms with Crippen LogP contribution in [0.15, 0.2) is 18.6 Å². The molecule has 0 aliphatic carbocycles. The first-order chi connectivity index (χ1) is 6.68. The number of aryl methyl sites for hydroxylation is 2. The summed E-state index contributed by atoms with van der Waals surface area (Å²) in [6.45, 7) is 3.89. The molecule has 0 saturated carbocycles. The lowest BCUT2D eigenvalue weighted by Crippen LogP contribution is -2.06. The monoisotopic (exact) mass is 189 g/mol. The fraction of sp³-hybridized carbons (Fsp3) is 0.222. The molecular formula is C9H11N5. The molecular weight excluding hydrogens is 178 g/mol. The van der Waals surface area contributed by atoms with Crippen molar-refractivity contribution in [3.8, 4) is 5.82 Å². The fourth-order valence-electron chi connectivity index (χ4n) is 1.35. The summed E-state index contributed by atoms with van der Waals surface area (Å²) < 4.78 is 1.71. The van der Waals surface area contributed by atoms with Crippen molar-refractivity contribution in [1.29, 1.82) is 0 Å². The Morgan fingerprint density at radius 2 is 2.14 bits per heavy atom. The van der Waals surface area contributed by atoms with E-state index in [1.165, 1.54) is 6.33 Å². The van der Waals surface area contributed by atoms with E-state index in [2.05, 4.69) is 15.1 Å². The molecule has 0 saturated heterocycles. The van der Waals surface area contributed by atoms with E-state index >= 15 is 0 Å². The molecule has 2 aromatic rings. The van der Waals surface area contributed by atoms with Crippen LogP contribution in [0.5, 0.6) is 0 Å². The zero-order chi connectivity index (χ0) is 10.1. The highest BCUT2D eigenvalue weighted by Gasteiger charge is 2.07. The predicted molar refractivity (Wildman–Crippen MR) is 53.0 cm³/mol. The molecule has 0 unspecified atom stereocenters. The summed E-state index contributed by atoms with van der Waals surface area (Å²) in [5, 5.41) is 4.29. The quantitative estimate of drug-likeness (QED) is 0.722. The minimum Gasteiger partial charge on any atom is -0.394 e. The highest BCUT2D eigenvalue weighted by atomic mass is 15.3. The second-order valence-electron chi connectivity index (χ2n) is 3.14. The molecule has 0 atom stereocenters. The van der Waals surface area contributed by atoms with Gasteiger partial charge in [-0.05, 0) is 19.9 Å². The van der Waals surface area contributed by atoms with Gasteiger partial charge in [-0.15, -0.1) is 0 Å². The van der Waals surface area contributed by atoms with Gasteiger partial charge in [0.15, 0.2) is 5.82 Å². The normalized spacial score (nSPS) is 10.4. The van der Waals surface area contributed by atoms with E-state index in [0.717, 1.165) is 11.4 Å². The Bertz CT molecular complexity index is 460. The lowest BCUT2D eigenvalue weighted by Gasteiger charge is -2.04. The Morgan fingerprint density at radius 3 is 2.71 bits per heavy atom. The Kier molecular flexibility index (Phi) is 1.92. The maximum atomic E-state index is 5.74. The Labute approximate surface area is 81.6 Å². The summed E-state index contributed by atoms with van der Waals surface area (Å²) in [7, 11) is 0. The van der Waals surface area contributed by atoms with E-state index in [4.69, 9.17) is 5.73 Å². The smallest absolute Gasteiger partial charge is 0.179 e. The van der Waals surface area contributed by atoms with E-state index in [9.17, 15) is 0 Å². The van der Waals surface area contributed by atoms with Gasteiger partial charge in [-0.25, -0.2) is 14.6 Å². The highest BCUT2D eigenvalue weighted by molar-refractivity contribution is 5.50. The fourth-order valence-corrected chi connectivity index (χ4v) is 1.35. The van der Waals surface area contributed by atoms with Crippen LogP contribution in [-0.2, 0) is 0 Å². The van der Waals surface area contributed by atoms with Crippen LogP contribution in [0.1, 0.15) is 11.4 Å². The molecule has 2 rings (SSSR count). The van der Waals surface area contributed by atoms with Crippen molar-refractivity contribution in [2.75, 3.05) is 5.73 Å². The van der Waals surface area contributed by atoms with Crippen LogP contribution in [0.3, 0.4) is 0 Å². The second-order valence-corrected chi connectivity index (χ2v) is 3.14. The highest BCUT2D eigenvalue weighted by Crippen LogP contribution is 2.14. The summed E-state index contributed by atoms with van der Waals surface area (Å²) in [5.41, 5.74) is 8.22. The van der Waals surface area contributed by atoms with Crippen LogP contribution < -0.4 is 5.73 Å². The first-order valence-corrected chi connectivity index (χ1v) is 4.27. The molecule has 5 heteroatoms. The van der Waals surface area contributed by atoms with E-state index < -0.39 is 0 Å². The minimum atomic E-state index is 0.527. The van der Waals surface area contributed by atoms with Gasteiger partial charge in [0, 0.05) is 5.69 Å². The molecule has 72 valence electrons. The summed E-state index contributed by atoms with van der Waals surface area (Å²) in [4.78, 5) is 7.92. The molecule has 0 bridgehead atoms. The van der Waals surface area contributed by atoms with E-state index in [-0.39, 0.29) is 0 Å². The largest absolute Gasteiger partial charge is 0.394 e. The van der Waals surface area contributed by atoms with Gasteiger partial charge in [0.2, 0.25) is 0 Å². The number of hydrogen-bond donors (Lipinski definition) is 1.